The molecule has 1 aromatic rings. The summed E-state index contributed by atoms with van der Waals surface area (Å²) in [4.78, 5) is 9.93. The van der Waals surface area contributed by atoms with E-state index in [2.05, 4.69) is 6.92 Å². The van der Waals surface area contributed by atoms with Crippen LogP contribution in [0.4, 0.5) is 0 Å². The quantitative estimate of drug-likeness (QED) is 0.0788. The number of phosphoric ester groups is 1. The first-order chi connectivity index (χ1) is 17.6. The first-order valence-electron chi connectivity index (χ1n) is 14.3. The van der Waals surface area contributed by atoms with Crippen LogP contribution in [0.5, 0.6) is 0 Å². The third-order valence-electron chi connectivity index (χ3n) is 6.15. The second-order valence-corrected chi connectivity index (χ2v) is 10.9. The van der Waals surface area contributed by atoms with Crippen LogP contribution in [0.15, 0.2) is 30.6 Å². The van der Waals surface area contributed by atoms with Crippen molar-refractivity contribution >= 4 is 7.82 Å². The van der Waals surface area contributed by atoms with Crippen molar-refractivity contribution in [2.75, 3.05) is 33.0 Å². The van der Waals surface area contributed by atoms with Gasteiger partial charge in [-0.3, -0.25) is 9.05 Å². The van der Waals surface area contributed by atoms with E-state index < -0.39 is 13.9 Å². The molecule has 0 saturated carbocycles. The maximum atomic E-state index is 12.1. The maximum absolute atomic E-state index is 12.1. The molecule has 1 rings (SSSR count). The van der Waals surface area contributed by atoms with E-state index in [1.54, 1.807) is 0 Å². The van der Waals surface area contributed by atoms with Crippen LogP contribution in [0.25, 0.3) is 0 Å². The van der Waals surface area contributed by atoms with E-state index in [0.717, 1.165) is 6.42 Å². The molecule has 36 heavy (non-hydrogen) atoms. The van der Waals surface area contributed by atoms with E-state index in [1.165, 1.54) is 83.5 Å². The number of nitrogens with zero attached hydrogens (tertiary/aromatic N) is 1. The van der Waals surface area contributed by atoms with Crippen LogP contribution in [-0.4, -0.2) is 44.0 Å². The second kappa shape index (κ2) is 23.3. The van der Waals surface area contributed by atoms with Crippen LogP contribution in [-0.2, 0) is 29.6 Å². The lowest BCUT2D eigenvalue weighted by molar-refractivity contribution is -0.697. The van der Waals surface area contributed by atoms with Gasteiger partial charge in [0.05, 0.1) is 13.2 Å². The van der Waals surface area contributed by atoms with E-state index in [0.29, 0.717) is 26.4 Å². The third-order valence-corrected chi connectivity index (χ3v) is 7.14. The third kappa shape index (κ3) is 20.3. The molecule has 7 nitrogen and oxygen atoms in total. The Balaban J connectivity index is 1.98. The Morgan fingerprint density at radius 2 is 1.28 bits per heavy atom. The van der Waals surface area contributed by atoms with Gasteiger partial charge >= 0.3 is 7.82 Å². The molecule has 0 aliphatic rings. The van der Waals surface area contributed by atoms with Crippen molar-refractivity contribution in [2.24, 2.45) is 0 Å². The van der Waals surface area contributed by atoms with Crippen LogP contribution in [0, 0.1) is 0 Å². The lowest BCUT2D eigenvalue weighted by atomic mass is 10.0. The molecule has 1 unspecified atom stereocenters. The van der Waals surface area contributed by atoms with Gasteiger partial charge in [0.2, 0.25) is 0 Å². The van der Waals surface area contributed by atoms with Gasteiger partial charge in [-0.05, 0) is 13.3 Å². The van der Waals surface area contributed by atoms with Crippen LogP contribution < -0.4 is 4.57 Å². The first kappa shape index (κ1) is 33.2. The molecule has 0 aliphatic carbocycles. The predicted octanol–water partition coefficient (Wildman–Crippen LogP) is 7.01. The Morgan fingerprint density at radius 1 is 0.722 bits per heavy atom. The van der Waals surface area contributed by atoms with E-state index in [9.17, 15) is 9.46 Å². The average molecular weight is 531 g/mol. The molecular formula is C28H53NO6P+. The summed E-state index contributed by atoms with van der Waals surface area (Å²) < 4.78 is 35.5. The highest BCUT2D eigenvalue weighted by Gasteiger charge is 2.24. The lowest BCUT2D eigenvalue weighted by Crippen LogP contribution is -2.34. The number of rotatable bonds is 26. The highest BCUT2D eigenvalue weighted by molar-refractivity contribution is 7.47. The van der Waals surface area contributed by atoms with E-state index >= 15 is 0 Å². The lowest BCUT2D eigenvalue weighted by Gasteiger charge is -2.19. The number of hydrogen-bond acceptors (Lipinski definition) is 5. The summed E-state index contributed by atoms with van der Waals surface area (Å²) in [6.45, 7) is 6.15. The Labute approximate surface area is 220 Å². The zero-order chi connectivity index (χ0) is 26.2. The first-order valence-corrected chi connectivity index (χ1v) is 15.8. The van der Waals surface area contributed by atoms with Crippen LogP contribution >= 0.6 is 7.82 Å². The SMILES string of the molecule is CCCCCCCCCCCCCCCCOC[C@@H](COP(=O)(O)OCC[n+]1ccccc1)OCC. The molecular weight excluding hydrogens is 477 g/mol. The van der Waals surface area contributed by atoms with Crippen molar-refractivity contribution in [3.8, 4) is 0 Å². The van der Waals surface area contributed by atoms with Crippen molar-refractivity contribution < 1.29 is 32.5 Å². The smallest absolute Gasteiger partial charge is 0.379 e. The Hall–Kier alpha value is -0.820. The van der Waals surface area contributed by atoms with Gasteiger partial charge < -0.3 is 14.4 Å². The fourth-order valence-electron chi connectivity index (χ4n) is 4.05. The summed E-state index contributed by atoms with van der Waals surface area (Å²) >= 11 is 0. The standard InChI is InChI=1S/C28H52NO6P/c1-3-5-6-7-8-9-10-11-12-13-14-15-16-20-24-32-26-28(33-4-2)27-35-36(30,31)34-25-23-29-21-18-17-19-22-29/h17-19,21-22,28H,3-16,20,23-27H2,1-2H3/p+1/t28-/m0/s1. The molecule has 210 valence electrons. The van der Waals surface area contributed by atoms with Gasteiger partial charge in [0.15, 0.2) is 18.9 Å². The van der Waals surface area contributed by atoms with E-state index in [-0.39, 0.29) is 13.2 Å². The monoisotopic (exact) mass is 530 g/mol. The van der Waals surface area contributed by atoms with Gasteiger partial charge in [-0.15, -0.1) is 0 Å². The molecule has 1 aromatic heterocycles. The van der Waals surface area contributed by atoms with Gasteiger partial charge in [0.25, 0.3) is 0 Å². The number of phosphoric acid groups is 1. The predicted molar refractivity (Wildman–Crippen MR) is 145 cm³/mol. The topological polar surface area (TPSA) is 78.1 Å². The molecule has 0 aliphatic heterocycles. The molecule has 1 heterocycles. The highest BCUT2D eigenvalue weighted by atomic mass is 31.2. The van der Waals surface area contributed by atoms with Crippen molar-refractivity contribution in [3.63, 3.8) is 0 Å². The van der Waals surface area contributed by atoms with Crippen molar-refractivity contribution in [1.82, 2.24) is 0 Å². The number of pyridine rings is 1. The molecule has 0 amide bonds. The van der Waals surface area contributed by atoms with Crippen molar-refractivity contribution in [2.45, 2.75) is 116 Å². The molecule has 0 aromatic carbocycles. The minimum absolute atomic E-state index is 0.0428. The van der Waals surface area contributed by atoms with Gasteiger partial charge in [-0.2, -0.15) is 0 Å². The maximum Gasteiger partial charge on any atom is 0.472 e. The normalized spacial score (nSPS) is 14.1. The van der Waals surface area contributed by atoms with Crippen LogP contribution in [0.1, 0.15) is 104 Å². The fourth-order valence-corrected chi connectivity index (χ4v) is 4.79. The molecule has 2 atom stereocenters. The summed E-state index contributed by atoms with van der Waals surface area (Å²) in [7, 11) is -4.13. The number of aromatic nitrogens is 1. The molecule has 1 N–H and O–H groups in total. The molecule has 0 fully saturated rings. The van der Waals surface area contributed by atoms with E-state index in [4.69, 9.17) is 18.5 Å². The summed E-state index contributed by atoms with van der Waals surface area (Å²) in [5, 5.41) is 0. The van der Waals surface area contributed by atoms with Gasteiger partial charge in [-0.1, -0.05) is 96.5 Å². The Morgan fingerprint density at radius 3 is 1.83 bits per heavy atom. The Kier molecular flexibility index (Phi) is 21.5. The molecule has 8 heteroatoms. The summed E-state index contributed by atoms with van der Waals surface area (Å²) in [5.74, 6) is 0. The number of unbranched alkanes of at least 4 members (excludes halogenated alkanes) is 13. The zero-order valence-corrected chi connectivity index (χ0v) is 23.9. The zero-order valence-electron chi connectivity index (χ0n) is 23.0. The van der Waals surface area contributed by atoms with Gasteiger partial charge in [0, 0.05) is 25.3 Å². The van der Waals surface area contributed by atoms with E-state index in [1.807, 2.05) is 42.1 Å². The van der Waals surface area contributed by atoms with Crippen molar-refractivity contribution in [3.05, 3.63) is 30.6 Å². The van der Waals surface area contributed by atoms with Crippen molar-refractivity contribution in [1.29, 1.82) is 0 Å². The molecule has 0 radical (unpaired) electrons. The fraction of sp³-hybridized carbons (Fsp3) is 0.821. The van der Waals surface area contributed by atoms with Crippen LogP contribution in [0.3, 0.4) is 0 Å². The minimum atomic E-state index is -4.13. The summed E-state index contributed by atoms with van der Waals surface area (Å²) in [6.07, 6.45) is 22.0. The van der Waals surface area contributed by atoms with Gasteiger partial charge in [0.1, 0.15) is 12.7 Å². The molecule has 0 bridgehead atoms. The number of hydrogen-bond donors (Lipinski definition) is 1. The molecule has 0 saturated heterocycles. The largest absolute Gasteiger partial charge is 0.472 e. The molecule has 0 spiro atoms. The van der Waals surface area contributed by atoms with Gasteiger partial charge in [-0.25, -0.2) is 9.13 Å². The highest BCUT2D eigenvalue weighted by Crippen LogP contribution is 2.43. The summed E-state index contributed by atoms with van der Waals surface area (Å²) in [5.41, 5.74) is 0. The second-order valence-electron chi connectivity index (χ2n) is 9.46. The average Bonchev–Trinajstić information content (AvgIpc) is 2.87. The number of ether oxygens (including phenoxy) is 2. The Bertz CT molecular complexity index is 648. The van der Waals surface area contributed by atoms with Crippen LogP contribution in [0.2, 0.25) is 0 Å². The summed E-state index contributed by atoms with van der Waals surface area (Å²) in [6, 6.07) is 5.69. The minimum Gasteiger partial charge on any atom is -0.379 e.